The third-order valence-electron chi connectivity index (χ3n) is 6.17. The first kappa shape index (κ1) is 25.3. The van der Waals surface area contributed by atoms with Gasteiger partial charge in [0, 0.05) is 11.4 Å². The molecule has 3 heterocycles. The number of thioether (sulfide) groups is 1. The summed E-state index contributed by atoms with van der Waals surface area (Å²) in [6.45, 7) is 3.95. The molecule has 4 aromatic rings. The highest BCUT2D eigenvalue weighted by Crippen LogP contribution is 2.31. The average molecular weight is 531 g/mol. The summed E-state index contributed by atoms with van der Waals surface area (Å²) in [6.07, 6.45) is 2.35. The molecule has 10 heteroatoms. The van der Waals surface area contributed by atoms with E-state index >= 15 is 0 Å². The maximum atomic E-state index is 13.6. The summed E-state index contributed by atoms with van der Waals surface area (Å²) in [5, 5.41) is 6.40. The van der Waals surface area contributed by atoms with Crippen LogP contribution in [0.25, 0.3) is 16.6 Å². The molecule has 1 unspecified atom stereocenters. The second-order valence-corrected chi connectivity index (χ2v) is 9.46. The van der Waals surface area contributed by atoms with Gasteiger partial charge in [0.25, 0.3) is 5.56 Å². The highest BCUT2D eigenvalue weighted by molar-refractivity contribution is 7.99. The summed E-state index contributed by atoms with van der Waals surface area (Å²) in [7, 11) is 0. The van der Waals surface area contributed by atoms with Crippen LogP contribution < -0.4 is 16.2 Å². The number of benzene rings is 2. The Morgan fingerprint density at radius 2 is 1.87 bits per heavy atom. The lowest BCUT2D eigenvalue weighted by atomic mass is 10.0. The van der Waals surface area contributed by atoms with Crippen LogP contribution in [0.5, 0.6) is 0 Å². The zero-order valence-corrected chi connectivity index (χ0v) is 21.7. The minimum Gasteiger partial charge on any atom is -0.467 e. The van der Waals surface area contributed by atoms with Gasteiger partial charge in [0.05, 0.1) is 35.0 Å². The molecule has 0 fully saturated rings. The molecule has 38 heavy (non-hydrogen) atoms. The maximum absolute atomic E-state index is 13.6. The molecule has 0 saturated heterocycles. The monoisotopic (exact) mass is 530 g/mol. The van der Waals surface area contributed by atoms with E-state index in [1.165, 1.54) is 18.0 Å². The van der Waals surface area contributed by atoms with Gasteiger partial charge in [0.2, 0.25) is 0 Å². The van der Waals surface area contributed by atoms with Crippen LogP contribution in [0.4, 0.5) is 4.79 Å². The van der Waals surface area contributed by atoms with E-state index in [0.29, 0.717) is 33.2 Å². The van der Waals surface area contributed by atoms with Crippen molar-refractivity contribution in [3.05, 3.63) is 99.9 Å². The normalized spacial score (nSPS) is 15.3. The van der Waals surface area contributed by atoms with E-state index < -0.39 is 18.0 Å². The number of urea groups is 1. The smallest absolute Gasteiger partial charge is 0.338 e. The molecule has 1 atom stereocenters. The highest BCUT2D eigenvalue weighted by atomic mass is 32.2. The first-order valence-corrected chi connectivity index (χ1v) is 13.2. The number of nitrogens with zero attached hydrogens (tertiary/aromatic N) is 2. The molecule has 194 valence electrons. The van der Waals surface area contributed by atoms with Crippen molar-refractivity contribution < 1.29 is 18.7 Å². The van der Waals surface area contributed by atoms with Crippen LogP contribution in [0.3, 0.4) is 0 Å². The largest absolute Gasteiger partial charge is 0.467 e. The summed E-state index contributed by atoms with van der Waals surface area (Å²) >= 11 is 1.24. The molecule has 0 radical (unpaired) electrons. The molecule has 2 aromatic heterocycles. The third-order valence-corrected chi connectivity index (χ3v) is 7.14. The Labute approximate surface area is 222 Å². The number of ether oxygens (including phenoxy) is 1. The Hall–Kier alpha value is -4.31. The molecule has 0 bridgehead atoms. The van der Waals surface area contributed by atoms with E-state index in [-0.39, 0.29) is 23.5 Å². The van der Waals surface area contributed by atoms with E-state index in [1.807, 2.05) is 30.3 Å². The molecule has 9 nitrogen and oxygen atoms in total. The number of furan rings is 1. The average Bonchev–Trinajstić information content (AvgIpc) is 3.47. The Morgan fingerprint density at radius 3 is 2.58 bits per heavy atom. The van der Waals surface area contributed by atoms with E-state index in [2.05, 4.69) is 17.6 Å². The summed E-state index contributed by atoms with van der Waals surface area (Å²) in [4.78, 5) is 44.0. The molecule has 2 amide bonds. The molecule has 2 aromatic carbocycles. The number of para-hydroxylation sites is 1. The predicted octanol–water partition coefficient (Wildman–Crippen LogP) is 4.50. The SMILES string of the molecule is CCOC(=O)C1=C(CSc2nc3ccccc3c(=O)n2-c2ccc(CC)cc2)NC(=O)NC1c1ccco1. The lowest BCUT2D eigenvalue weighted by Gasteiger charge is -2.27. The van der Waals surface area contributed by atoms with Gasteiger partial charge in [0.15, 0.2) is 5.16 Å². The molecular formula is C28H26N4O5S. The van der Waals surface area contributed by atoms with Gasteiger partial charge < -0.3 is 19.8 Å². The van der Waals surface area contributed by atoms with Crippen molar-refractivity contribution >= 4 is 34.7 Å². The van der Waals surface area contributed by atoms with Crippen molar-refractivity contribution in [3.8, 4) is 5.69 Å². The highest BCUT2D eigenvalue weighted by Gasteiger charge is 2.35. The second kappa shape index (κ2) is 11.0. The fourth-order valence-electron chi connectivity index (χ4n) is 4.30. The molecule has 0 aliphatic carbocycles. The number of esters is 1. The fraction of sp³-hybridized carbons (Fsp3) is 0.214. The number of aromatic nitrogens is 2. The first-order chi connectivity index (χ1) is 18.5. The van der Waals surface area contributed by atoms with Gasteiger partial charge in [-0.05, 0) is 55.3 Å². The van der Waals surface area contributed by atoms with E-state index in [9.17, 15) is 14.4 Å². The molecule has 0 spiro atoms. The van der Waals surface area contributed by atoms with E-state index in [1.54, 1.807) is 41.8 Å². The number of fused-ring (bicyclic) bond motifs is 1. The van der Waals surface area contributed by atoms with Gasteiger partial charge in [-0.25, -0.2) is 14.6 Å². The molecule has 0 saturated carbocycles. The standard InChI is InChI=1S/C28H26N4O5S/c1-3-17-11-13-18(14-12-17)32-25(33)19-8-5-6-9-20(19)30-28(32)38-16-21-23(26(34)36-4-2)24(31-27(35)29-21)22-10-7-15-37-22/h5-15,24H,3-4,16H2,1-2H3,(H2,29,31,35). The van der Waals surface area contributed by atoms with Crippen molar-refractivity contribution in [2.45, 2.75) is 31.5 Å². The van der Waals surface area contributed by atoms with Crippen molar-refractivity contribution in [2.24, 2.45) is 0 Å². The van der Waals surface area contributed by atoms with Crippen LogP contribution in [0.15, 0.2) is 92.6 Å². The molecule has 1 aliphatic heterocycles. The predicted molar refractivity (Wildman–Crippen MR) is 144 cm³/mol. The zero-order chi connectivity index (χ0) is 26.6. The van der Waals surface area contributed by atoms with Crippen LogP contribution in [0.1, 0.15) is 31.2 Å². The Bertz CT molecular complexity index is 1580. The van der Waals surface area contributed by atoms with Crippen LogP contribution in [-0.2, 0) is 16.0 Å². The number of carbonyl (C=O) groups excluding carboxylic acids is 2. The Morgan fingerprint density at radius 1 is 1.08 bits per heavy atom. The van der Waals surface area contributed by atoms with Crippen molar-refractivity contribution in [3.63, 3.8) is 0 Å². The number of carbonyl (C=O) groups is 2. The van der Waals surface area contributed by atoms with Gasteiger partial charge in [-0.2, -0.15) is 0 Å². The van der Waals surface area contributed by atoms with Crippen molar-refractivity contribution in [2.75, 3.05) is 12.4 Å². The number of rotatable bonds is 8. The van der Waals surface area contributed by atoms with Crippen LogP contribution in [0.2, 0.25) is 0 Å². The molecule has 1 aliphatic rings. The lowest BCUT2D eigenvalue weighted by Crippen LogP contribution is -2.46. The van der Waals surface area contributed by atoms with Crippen molar-refractivity contribution in [1.29, 1.82) is 0 Å². The number of nitrogens with one attached hydrogen (secondary N) is 2. The summed E-state index contributed by atoms with van der Waals surface area (Å²) in [5.74, 6) is -0.0190. The third kappa shape index (κ3) is 4.95. The first-order valence-electron chi connectivity index (χ1n) is 12.2. The minimum atomic E-state index is -0.818. The fourth-order valence-corrected chi connectivity index (χ4v) is 5.29. The number of hydrogen-bond donors (Lipinski definition) is 2. The maximum Gasteiger partial charge on any atom is 0.338 e. The number of hydrogen-bond acceptors (Lipinski definition) is 7. The second-order valence-electron chi connectivity index (χ2n) is 8.52. The van der Waals surface area contributed by atoms with Crippen LogP contribution in [0, 0.1) is 0 Å². The minimum absolute atomic E-state index is 0.149. The van der Waals surface area contributed by atoms with Gasteiger partial charge in [-0.3, -0.25) is 9.36 Å². The van der Waals surface area contributed by atoms with E-state index in [0.717, 1.165) is 12.0 Å². The van der Waals surface area contributed by atoms with Crippen molar-refractivity contribution in [1.82, 2.24) is 20.2 Å². The summed E-state index contributed by atoms with van der Waals surface area (Å²) < 4.78 is 12.4. The van der Waals surface area contributed by atoms with Gasteiger partial charge >= 0.3 is 12.0 Å². The molecule has 2 N–H and O–H groups in total. The quantitative estimate of drug-likeness (QED) is 0.196. The molecular weight excluding hydrogens is 504 g/mol. The Kier molecular flexibility index (Phi) is 7.32. The van der Waals surface area contributed by atoms with E-state index in [4.69, 9.17) is 14.1 Å². The topological polar surface area (TPSA) is 115 Å². The lowest BCUT2D eigenvalue weighted by molar-refractivity contribution is -0.139. The summed E-state index contributed by atoms with van der Waals surface area (Å²) in [5.41, 5.74) is 2.77. The van der Waals surface area contributed by atoms with Gasteiger partial charge in [-0.15, -0.1) is 0 Å². The van der Waals surface area contributed by atoms with Gasteiger partial charge in [0.1, 0.15) is 11.8 Å². The zero-order valence-electron chi connectivity index (χ0n) is 20.9. The van der Waals surface area contributed by atoms with Gasteiger partial charge in [-0.1, -0.05) is 43.0 Å². The Balaban J connectivity index is 1.59. The molecule has 5 rings (SSSR count). The number of amides is 2. The van der Waals surface area contributed by atoms with Crippen LogP contribution in [-0.4, -0.2) is 33.9 Å². The van der Waals surface area contributed by atoms with Crippen LogP contribution >= 0.6 is 11.8 Å². The number of aryl methyl sites for hydroxylation is 1. The summed E-state index contributed by atoms with van der Waals surface area (Å²) in [6, 6.07) is 17.0.